The van der Waals surface area contributed by atoms with Crippen molar-refractivity contribution in [1.29, 1.82) is 0 Å². The Kier molecular flexibility index (Phi) is 3.98. The second-order valence-corrected chi connectivity index (χ2v) is 5.99. The summed E-state index contributed by atoms with van der Waals surface area (Å²) in [7, 11) is 0. The van der Waals surface area contributed by atoms with Gasteiger partial charge in [-0.3, -0.25) is 4.98 Å². The van der Waals surface area contributed by atoms with Crippen molar-refractivity contribution >= 4 is 22.7 Å². The van der Waals surface area contributed by atoms with Crippen molar-refractivity contribution in [2.45, 2.75) is 13.1 Å². The molecule has 0 atom stereocenters. The fourth-order valence-corrected chi connectivity index (χ4v) is 3.36. The van der Waals surface area contributed by atoms with Crippen LogP contribution in [0.1, 0.15) is 10.6 Å². The minimum absolute atomic E-state index is 0.795. The highest BCUT2D eigenvalue weighted by Gasteiger charge is 2.04. The molecule has 0 aliphatic carbocycles. The van der Waals surface area contributed by atoms with Gasteiger partial charge in [-0.05, 0) is 28.5 Å². The zero-order valence-corrected chi connectivity index (χ0v) is 11.9. The van der Waals surface area contributed by atoms with Crippen LogP contribution in [0.25, 0.3) is 10.4 Å². The number of hydrogen-bond donors (Lipinski definition) is 1. The molecule has 3 nitrogen and oxygen atoms in total. The largest absolute Gasteiger partial charge is 0.306 e. The van der Waals surface area contributed by atoms with Gasteiger partial charge in [0.25, 0.3) is 0 Å². The molecular formula is C14H13N3S2. The number of thiophene rings is 1. The van der Waals surface area contributed by atoms with Crippen LogP contribution < -0.4 is 5.32 Å². The molecule has 0 amide bonds. The lowest BCUT2D eigenvalue weighted by Crippen LogP contribution is -2.12. The number of hydrogen-bond acceptors (Lipinski definition) is 5. The Morgan fingerprint density at radius 1 is 1.16 bits per heavy atom. The highest BCUT2D eigenvalue weighted by atomic mass is 32.1. The number of nitrogens with one attached hydrogen (secondary N) is 1. The van der Waals surface area contributed by atoms with E-state index in [-0.39, 0.29) is 0 Å². The minimum atomic E-state index is 0.795. The smallest absolute Gasteiger partial charge is 0.107 e. The van der Waals surface area contributed by atoms with Crippen LogP contribution in [-0.4, -0.2) is 9.97 Å². The van der Waals surface area contributed by atoms with E-state index >= 15 is 0 Å². The van der Waals surface area contributed by atoms with Gasteiger partial charge in [-0.15, -0.1) is 11.3 Å². The van der Waals surface area contributed by atoms with E-state index in [2.05, 4.69) is 38.2 Å². The molecule has 0 bridgehead atoms. The summed E-state index contributed by atoms with van der Waals surface area (Å²) in [5, 5.41) is 8.75. The Balaban J connectivity index is 1.56. The molecule has 0 saturated heterocycles. The van der Waals surface area contributed by atoms with Crippen LogP contribution in [0.2, 0.25) is 0 Å². The summed E-state index contributed by atoms with van der Waals surface area (Å²) in [4.78, 5) is 9.78. The van der Waals surface area contributed by atoms with Gasteiger partial charge in [0.1, 0.15) is 5.01 Å². The minimum Gasteiger partial charge on any atom is -0.306 e. The van der Waals surface area contributed by atoms with Gasteiger partial charge in [-0.25, -0.2) is 4.98 Å². The van der Waals surface area contributed by atoms with Gasteiger partial charge in [0.2, 0.25) is 0 Å². The van der Waals surface area contributed by atoms with E-state index < -0.39 is 0 Å². The molecule has 0 aliphatic rings. The molecule has 0 aromatic carbocycles. The van der Waals surface area contributed by atoms with Gasteiger partial charge in [-0.1, -0.05) is 6.07 Å². The van der Waals surface area contributed by atoms with Crippen molar-refractivity contribution in [3.63, 3.8) is 0 Å². The molecule has 3 rings (SSSR count). The van der Waals surface area contributed by atoms with Crippen molar-refractivity contribution in [3.8, 4) is 10.4 Å². The number of aromatic nitrogens is 2. The predicted octanol–water partition coefficient (Wildman–Crippen LogP) is 3.56. The van der Waals surface area contributed by atoms with Crippen LogP contribution >= 0.6 is 22.7 Å². The first kappa shape index (κ1) is 12.5. The summed E-state index contributed by atoms with van der Waals surface area (Å²) in [6.07, 6.45) is 5.62. The number of pyridine rings is 1. The topological polar surface area (TPSA) is 37.8 Å². The third kappa shape index (κ3) is 3.26. The predicted molar refractivity (Wildman–Crippen MR) is 80.2 cm³/mol. The van der Waals surface area contributed by atoms with E-state index in [4.69, 9.17) is 0 Å². The summed E-state index contributed by atoms with van der Waals surface area (Å²) in [6.45, 7) is 1.62. The maximum atomic E-state index is 4.45. The molecule has 19 heavy (non-hydrogen) atoms. The van der Waals surface area contributed by atoms with Crippen LogP contribution in [-0.2, 0) is 13.1 Å². The SMILES string of the molecule is c1cncc(CNCc2ncc(-c3ccsc3)s2)c1. The molecule has 0 spiro atoms. The van der Waals surface area contributed by atoms with Crippen molar-refractivity contribution in [1.82, 2.24) is 15.3 Å². The Labute approximate surface area is 120 Å². The van der Waals surface area contributed by atoms with Gasteiger partial charge >= 0.3 is 0 Å². The molecule has 1 N–H and O–H groups in total. The lowest BCUT2D eigenvalue weighted by Gasteiger charge is -2.01. The Morgan fingerprint density at radius 2 is 2.16 bits per heavy atom. The molecule has 3 aromatic heterocycles. The third-order valence-electron chi connectivity index (χ3n) is 2.69. The molecule has 96 valence electrons. The van der Waals surface area contributed by atoms with Gasteiger partial charge in [0, 0.05) is 37.2 Å². The average molecular weight is 287 g/mol. The molecule has 0 aliphatic heterocycles. The Hall–Kier alpha value is -1.56. The van der Waals surface area contributed by atoms with E-state index in [0.29, 0.717) is 0 Å². The van der Waals surface area contributed by atoms with Crippen molar-refractivity contribution in [2.24, 2.45) is 0 Å². The normalized spacial score (nSPS) is 10.7. The van der Waals surface area contributed by atoms with E-state index in [9.17, 15) is 0 Å². The molecule has 0 fully saturated rings. The van der Waals surface area contributed by atoms with Crippen molar-refractivity contribution in [2.75, 3.05) is 0 Å². The lowest BCUT2D eigenvalue weighted by atomic mass is 10.3. The lowest BCUT2D eigenvalue weighted by molar-refractivity contribution is 0.688. The van der Waals surface area contributed by atoms with Crippen LogP contribution in [0.5, 0.6) is 0 Å². The second-order valence-electron chi connectivity index (χ2n) is 4.10. The monoisotopic (exact) mass is 287 g/mol. The van der Waals surface area contributed by atoms with Crippen LogP contribution in [0, 0.1) is 0 Å². The Bertz CT molecular complexity index is 617. The molecule has 3 heterocycles. The highest BCUT2D eigenvalue weighted by Crippen LogP contribution is 2.27. The van der Waals surface area contributed by atoms with E-state index in [1.54, 1.807) is 28.9 Å². The fourth-order valence-electron chi connectivity index (χ4n) is 1.75. The van der Waals surface area contributed by atoms with Gasteiger partial charge in [0.15, 0.2) is 0 Å². The fraction of sp³-hybridized carbons (Fsp3) is 0.143. The molecular weight excluding hydrogens is 274 g/mol. The molecule has 3 aromatic rings. The zero-order chi connectivity index (χ0) is 12.9. The maximum absolute atomic E-state index is 4.45. The molecule has 0 unspecified atom stereocenters. The quantitative estimate of drug-likeness (QED) is 0.779. The van der Waals surface area contributed by atoms with E-state index in [0.717, 1.165) is 18.1 Å². The summed E-state index contributed by atoms with van der Waals surface area (Å²) >= 11 is 3.46. The van der Waals surface area contributed by atoms with Gasteiger partial charge in [0.05, 0.1) is 4.88 Å². The summed E-state index contributed by atoms with van der Waals surface area (Å²) in [5.74, 6) is 0. The van der Waals surface area contributed by atoms with Crippen molar-refractivity contribution < 1.29 is 0 Å². The van der Waals surface area contributed by atoms with Crippen molar-refractivity contribution in [3.05, 3.63) is 58.1 Å². The summed E-state index contributed by atoms with van der Waals surface area (Å²) in [6, 6.07) is 6.15. The Morgan fingerprint density at radius 3 is 2.95 bits per heavy atom. The standard InChI is InChI=1S/C14H13N3S2/c1-2-11(6-15-4-1)7-16-9-14-17-8-13(19-14)12-3-5-18-10-12/h1-6,8,10,16H,7,9H2. The number of rotatable bonds is 5. The van der Waals surface area contributed by atoms with Crippen LogP contribution in [0.4, 0.5) is 0 Å². The zero-order valence-electron chi connectivity index (χ0n) is 10.2. The highest BCUT2D eigenvalue weighted by molar-refractivity contribution is 7.15. The number of thiazole rings is 1. The first-order valence-corrected chi connectivity index (χ1v) is 7.74. The van der Waals surface area contributed by atoms with E-state index in [1.165, 1.54) is 16.0 Å². The maximum Gasteiger partial charge on any atom is 0.107 e. The summed E-state index contributed by atoms with van der Waals surface area (Å²) in [5.41, 5.74) is 2.46. The van der Waals surface area contributed by atoms with Gasteiger partial charge in [-0.2, -0.15) is 11.3 Å². The second kappa shape index (κ2) is 6.06. The number of nitrogens with zero attached hydrogens (tertiary/aromatic N) is 2. The molecule has 0 radical (unpaired) electrons. The molecule has 0 saturated carbocycles. The first-order chi connectivity index (χ1) is 9.42. The average Bonchev–Trinajstić information content (AvgIpc) is 3.10. The van der Waals surface area contributed by atoms with E-state index in [1.807, 2.05) is 18.5 Å². The first-order valence-electron chi connectivity index (χ1n) is 5.99. The van der Waals surface area contributed by atoms with Crippen LogP contribution in [0.15, 0.2) is 47.5 Å². The molecule has 5 heteroatoms. The summed E-state index contributed by atoms with van der Waals surface area (Å²) < 4.78 is 0. The van der Waals surface area contributed by atoms with Gasteiger partial charge < -0.3 is 5.32 Å². The van der Waals surface area contributed by atoms with Crippen LogP contribution in [0.3, 0.4) is 0 Å². The third-order valence-corrected chi connectivity index (χ3v) is 4.42.